The molecule has 1 fully saturated rings. The van der Waals surface area contributed by atoms with Crippen LogP contribution in [0.1, 0.15) is 51.6 Å². The molecule has 2 aromatic rings. The van der Waals surface area contributed by atoms with Gasteiger partial charge in [0.25, 0.3) is 5.91 Å². The summed E-state index contributed by atoms with van der Waals surface area (Å²) in [6, 6.07) is 1.33. The van der Waals surface area contributed by atoms with Gasteiger partial charge < -0.3 is 5.32 Å². The van der Waals surface area contributed by atoms with Crippen molar-refractivity contribution in [1.29, 1.82) is 0 Å². The molecular weight excluding hydrogens is 445 g/mol. The number of carbonyl (C=O) groups is 1. The highest BCUT2D eigenvalue weighted by Crippen LogP contribution is 2.42. The summed E-state index contributed by atoms with van der Waals surface area (Å²) in [5, 5.41) is 5.57. The minimum atomic E-state index is -5.11. The van der Waals surface area contributed by atoms with E-state index in [4.69, 9.17) is 0 Å². The van der Waals surface area contributed by atoms with Crippen molar-refractivity contribution in [3.8, 4) is 0 Å². The monoisotopic (exact) mass is 459 g/mol. The highest BCUT2D eigenvalue weighted by molar-refractivity contribution is 5.94. The summed E-state index contributed by atoms with van der Waals surface area (Å²) in [5.41, 5.74) is -4.98. The van der Waals surface area contributed by atoms with Gasteiger partial charge in [0.2, 0.25) is 0 Å². The number of nitrogens with zero attached hydrogens (tertiary/aromatic N) is 2. The highest BCUT2D eigenvalue weighted by Gasteiger charge is 2.39. The van der Waals surface area contributed by atoms with E-state index in [2.05, 4.69) is 10.4 Å². The number of alkyl halides is 9. The van der Waals surface area contributed by atoms with E-state index >= 15 is 0 Å². The third-order valence-corrected chi connectivity index (χ3v) is 4.56. The summed E-state index contributed by atoms with van der Waals surface area (Å²) >= 11 is 0. The molecule has 0 bridgehead atoms. The second-order valence-corrected chi connectivity index (χ2v) is 7.00. The average Bonchev–Trinajstić information content (AvgIpc) is 3.38. The molecule has 0 spiro atoms. The summed E-state index contributed by atoms with van der Waals surface area (Å²) in [6.45, 7) is -0.589. The number of halogens is 9. The minimum absolute atomic E-state index is 0.110. The SMILES string of the molecule is O=C(NCCn1nc(C(F)(F)F)cc1C1CC1)c1cc(C(F)(F)F)cc(C(F)(F)F)c1. The first-order valence-corrected chi connectivity index (χ1v) is 8.89. The van der Waals surface area contributed by atoms with Crippen molar-refractivity contribution in [3.05, 3.63) is 52.3 Å². The molecule has 0 atom stereocenters. The van der Waals surface area contributed by atoms with Crippen LogP contribution in [-0.2, 0) is 25.1 Å². The third-order valence-electron chi connectivity index (χ3n) is 4.56. The van der Waals surface area contributed by atoms with E-state index in [1.54, 1.807) is 0 Å². The van der Waals surface area contributed by atoms with E-state index in [1.807, 2.05) is 0 Å². The summed E-state index contributed by atoms with van der Waals surface area (Å²) in [5.74, 6) is -1.34. The Hall–Kier alpha value is -2.73. The Morgan fingerprint density at radius 1 is 0.903 bits per heavy atom. The van der Waals surface area contributed by atoms with Crippen LogP contribution in [0.25, 0.3) is 0 Å². The van der Waals surface area contributed by atoms with Crippen molar-refractivity contribution in [3.63, 3.8) is 0 Å². The Balaban J connectivity index is 1.75. The number of benzene rings is 1. The molecule has 1 aromatic heterocycles. The van der Waals surface area contributed by atoms with Crippen LogP contribution in [0.2, 0.25) is 0 Å². The second kappa shape index (κ2) is 7.75. The Bertz CT molecular complexity index is 937. The highest BCUT2D eigenvalue weighted by atomic mass is 19.4. The number of carbonyl (C=O) groups excluding carboxylic acids is 1. The summed E-state index contributed by atoms with van der Waals surface area (Å²) in [6.07, 6.45) is -13.6. The third kappa shape index (κ3) is 5.50. The van der Waals surface area contributed by atoms with Crippen LogP contribution in [0, 0.1) is 0 Å². The fourth-order valence-corrected chi connectivity index (χ4v) is 2.92. The molecule has 3 rings (SSSR count). The summed E-state index contributed by atoms with van der Waals surface area (Å²) in [7, 11) is 0. The molecule has 1 N–H and O–H groups in total. The smallest absolute Gasteiger partial charge is 0.350 e. The van der Waals surface area contributed by atoms with Crippen LogP contribution in [0.15, 0.2) is 24.3 Å². The van der Waals surface area contributed by atoms with Crippen LogP contribution < -0.4 is 5.32 Å². The lowest BCUT2D eigenvalue weighted by Gasteiger charge is -2.14. The van der Waals surface area contributed by atoms with Crippen molar-refractivity contribution in [1.82, 2.24) is 15.1 Å². The Morgan fingerprint density at radius 3 is 1.90 bits per heavy atom. The van der Waals surface area contributed by atoms with Crippen molar-refractivity contribution < 1.29 is 44.3 Å². The number of amides is 1. The zero-order valence-corrected chi connectivity index (χ0v) is 15.4. The molecule has 31 heavy (non-hydrogen) atoms. The number of hydrogen-bond acceptors (Lipinski definition) is 2. The number of rotatable bonds is 5. The van der Waals surface area contributed by atoms with Gasteiger partial charge in [-0.3, -0.25) is 9.48 Å². The zero-order valence-electron chi connectivity index (χ0n) is 15.4. The van der Waals surface area contributed by atoms with Gasteiger partial charge in [0.05, 0.1) is 17.7 Å². The van der Waals surface area contributed by atoms with Crippen LogP contribution in [0.5, 0.6) is 0 Å². The van der Waals surface area contributed by atoms with Crippen LogP contribution in [-0.4, -0.2) is 22.2 Å². The standard InChI is InChI=1S/C18H14F9N3O/c19-16(20,21)11-5-10(6-12(7-11)17(22,23)24)15(31)28-3-4-30-13(9-1-2-9)8-14(29-30)18(25,26)27/h5-9H,1-4H2,(H,28,31). The quantitative estimate of drug-likeness (QED) is 0.622. The fraction of sp³-hybridized carbons (Fsp3) is 0.444. The predicted molar refractivity (Wildman–Crippen MR) is 88.0 cm³/mol. The van der Waals surface area contributed by atoms with Gasteiger partial charge in [-0.2, -0.15) is 44.6 Å². The molecule has 1 saturated carbocycles. The van der Waals surface area contributed by atoms with E-state index in [1.165, 1.54) is 0 Å². The molecule has 170 valence electrons. The van der Waals surface area contributed by atoms with Crippen molar-refractivity contribution in [2.45, 2.75) is 43.8 Å². The normalized spacial score (nSPS) is 15.3. The van der Waals surface area contributed by atoms with Gasteiger partial charge >= 0.3 is 18.5 Å². The van der Waals surface area contributed by atoms with Crippen molar-refractivity contribution in [2.75, 3.05) is 6.54 Å². The molecule has 1 aromatic carbocycles. The van der Waals surface area contributed by atoms with Gasteiger partial charge in [-0.1, -0.05) is 0 Å². The summed E-state index contributed by atoms with van der Waals surface area (Å²) < 4.78 is 117. The van der Waals surface area contributed by atoms with Crippen LogP contribution >= 0.6 is 0 Å². The Labute approximate surface area is 169 Å². The number of aromatic nitrogens is 2. The molecule has 4 nitrogen and oxygen atoms in total. The molecular formula is C18H14F9N3O. The van der Waals surface area contributed by atoms with Gasteiger partial charge in [-0.15, -0.1) is 0 Å². The average molecular weight is 459 g/mol. The molecule has 0 radical (unpaired) electrons. The maximum atomic E-state index is 12.9. The van der Waals surface area contributed by atoms with E-state index in [-0.39, 0.29) is 37.2 Å². The van der Waals surface area contributed by atoms with E-state index in [0.717, 1.165) is 10.7 Å². The van der Waals surface area contributed by atoms with Crippen LogP contribution in [0.3, 0.4) is 0 Å². The molecule has 1 heterocycles. The zero-order chi connectivity index (χ0) is 23.2. The first kappa shape index (κ1) is 22.9. The van der Waals surface area contributed by atoms with Crippen LogP contribution in [0.4, 0.5) is 39.5 Å². The second-order valence-electron chi connectivity index (χ2n) is 7.00. The lowest BCUT2D eigenvalue weighted by molar-refractivity contribution is -0.143. The molecule has 1 amide bonds. The Morgan fingerprint density at radius 2 is 1.45 bits per heavy atom. The largest absolute Gasteiger partial charge is 0.435 e. The Kier molecular flexibility index (Phi) is 5.74. The minimum Gasteiger partial charge on any atom is -0.350 e. The molecule has 0 saturated heterocycles. The lowest BCUT2D eigenvalue weighted by Crippen LogP contribution is -2.28. The first-order chi connectivity index (χ1) is 14.2. The number of nitrogens with one attached hydrogen (secondary N) is 1. The van der Waals surface area contributed by atoms with Crippen molar-refractivity contribution >= 4 is 5.91 Å². The molecule has 1 aliphatic carbocycles. The molecule has 13 heteroatoms. The van der Waals surface area contributed by atoms with E-state index in [9.17, 15) is 44.3 Å². The fourth-order valence-electron chi connectivity index (χ4n) is 2.92. The first-order valence-electron chi connectivity index (χ1n) is 8.89. The molecule has 0 unspecified atom stereocenters. The van der Waals surface area contributed by atoms with Gasteiger partial charge in [0, 0.05) is 23.7 Å². The molecule has 0 aliphatic heterocycles. The summed E-state index contributed by atoms with van der Waals surface area (Å²) in [4.78, 5) is 12.1. The van der Waals surface area contributed by atoms with E-state index in [0.29, 0.717) is 18.5 Å². The molecule has 1 aliphatic rings. The van der Waals surface area contributed by atoms with Gasteiger partial charge in [-0.05, 0) is 37.1 Å². The lowest BCUT2D eigenvalue weighted by atomic mass is 10.0. The van der Waals surface area contributed by atoms with E-state index < -0.39 is 46.8 Å². The predicted octanol–water partition coefficient (Wildman–Crippen LogP) is 5.25. The van der Waals surface area contributed by atoms with Gasteiger partial charge in [0.15, 0.2) is 5.69 Å². The topological polar surface area (TPSA) is 46.9 Å². The van der Waals surface area contributed by atoms with Crippen molar-refractivity contribution in [2.24, 2.45) is 0 Å². The maximum absolute atomic E-state index is 12.9. The number of hydrogen-bond donors (Lipinski definition) is 1. The van der Waals surface area contributed by atoms with Gasteiger partial charge in [0.1, 0.15) is 0 Å². The maximum Gasteiger partial charge on any atom is 0.435 e. The van der Waals surface area contributed by atoms with Gasteiger partial charge in [-0.25, -0.2) is 0 Å².